The van der Waals surface area contributed by atoms with E-state index < -0.39 is 17.7 Å². The monoisotopic (exact) mass is 497 g/mol. The Morgan fingerprint density at radius 3 is 2.29 bits per heavy atom. The SMILES string of the molecule is CCCCCCCCOC(=O)Nc1sc(C(C)CCCC(C)(C)OC)cc1C(=O)OC(C)(C)C. The van der Waals surface area contributed by atoms with E-state index in [0.29, 0.717) is 17.2 Å². The number of esters is 1. The molecule has 0 bridgehead atoms. The molecule has 0 fully saturated rings. The molecule has 0 aromatic carbocycles. The molecule has 0 aliphatic heterocycles. The van der Waals surface area contributed by atoms with Gasteiger partial charge in [-0.05, 0) is 72.3 Å². The predicted octanol–water partition coefficient (Wildman–Crippen LogP) is 8.31. The average molecular weight is 498 g/mol. The minimum atomic E-state index is -0.619. The standard InChI is InChI=1S/C27H47NO5S/c1-9-10-11-12-13-14-18-32-25(30)28-23-21(24(29)33-26(3,4)5)19-22(34-23)20(2)16-15-17-27(6,7)31-8/h19-20H,9-18H2,1-8H3,(H,28,30). The summed E-state index contributed by atoms with van der Waals surface area (Å²) in [6, 6.07) is 1.86. The lowest BCUT2D eigenvalue weighted by atomic mass is 9.95. The molecule has 1 atom stereocenters. The fourth-order valence-electron chi connectivity index (χ4n) is 3.48. The number of thiophene rings is 1. The second kappa shape index (κ2) is 14.7. The Morgan fingerprint density at radius 1 is 1.03 bits per heavy atom. The molecule has 34 heavy (non-hydrogen) atoms. The molecule has 0 saturated carbocycles. The number of carbonyl (C=O) groups is 2. The molecule has 0 spiro atoms. The minimum Gasteiger partial charge on any atom is -0.456 e. The molecule has 1 heterocycles. The Balaban J connectivity index is 2.78. The second-order valence-corrected chi connectivity index (χ2v) is 11.8. The minimum absolute atomic E-state index is 0.149. The van der Waals surface area contributed by atoms with Gasteiger partial charge in [-0.2, -0.15) is 0 Å². The van der Waals surface area contributed by atoms with Gasteiger partial charge in [0.05, 0.1) is 17.8 Å². The fourth-order valence-corrected chi connectivity index (χ4v) is 4.60. The summed E-state index contributed by atoms with van der Waals surface area (Å²) < 4.78 is 16.5. The maximum Gasteiger partial charge on any atom is 0.412 e. The Labute approximate surface area is 211 Å². The summed E-state index contributed by atoms with van der Waals surface area (Å²) in [6.07, 6.45) is 9.14. The van der Waals surface area contributed by atoms with E-state index in [9.17, 15) is 9.59 Å². The number of rotatable bonds is 15. The van der Waals surface area contributed by atoms with Crippen molar-refractivity contribution in [2.45, 2.75) is 123 Å². The van der Waals surface area contributed by atoms with Gasteiger partial charge in [0.25, 0.3) is 0 Å². The number of ether oxygens (including phenoxy) is 3. The van der Waals surface area contributed by atoms with E-state index in [-0.39, 0.29) is 11.5 Å². The first kappa shape index (κ1) is 30.4. The van der Waals surface area contributed by atoms with Crippen LogP contribution in [0.3, 0.4) is 0 Å². The van der Waals surface area contributed by atoms with Crippen molar-refractivity contribution in [1.82, 2.24) is 0 Å². The fraction of sp³-hybridized carbons (Fsp3) is 0.778. The third kappa shape index (κ3) is 12.2. The zero-order valence-corrected chi connectivity index (χ0v) is 23.5. The van der Waals surface area contributed by atoms with Crippen LogP contribution in [0.1, 0.15) is 127 Å². The number of amides is 1. The maximum atomic E-state index is 12.8. The number of methoxy groups -OCH3 is 1. The van der Waals surface area contributed by atoms with Crippen LogP contribution in [0.5, 0.6) is 0 Å². The van der Waals surface area contributed by atoms with Crippen molar-refractivity contribution >= 4 is 28.4 Å². The van der Waals surface area contributed by atoms with Crippen LogP contribution in [0.4, 0.5) is 9.80 Å². The van der Waals surface area contributed by atoms with Gasteiger partial charge in [-0.1, -0.05) is 46.0 Å². The summed E-state index contributed by atoms with van der Waals surface area (Å²) in [7, 11) is 1.74. The first-order chi connectivity index (χ1) is 15.9. The Morgan fingerprint density at radius 2 is 1.68 bits per heavy atom. The number of nitrogens with one attached hydrogen (secondary N) is 1. The number of unbranched alkanes of at least 4 members (excludes halogenated alkanes) is 5. The summed E-state index contributed by atoms with van der Waals surface area (Å²) in [5.41, 5.74) is -0.384. The second-order valence-electron chi connectivity index (χ2n) is 10.7. The van der Waals surface area contributed by atoms with Crippen molar-refractivity contribution < 1.29 is 23.8 Å². The quantitative estimate of drug-likeness (QED) is 0.195. The summed E-state index contributed by atoms with van der Waals surface area (Å²) in [5.74, 6) is -0.192. The van der Waals surface area contributed by atoms with Crippen LogP contribution in [0, 0.1) is 0 Å². The van der Waals surface area contributed by atoms with Crippen molar-refractivity contribution in [3.05, 3.63) is 16.5 Å². The molecule has 1 aromatic heterocycles. The predicted molar refractivity (Wildman–Crippen MR) is 141 cm³/mol. The van der Waals surface area contributed by atoms with Crippen LogP contribution in [0.25, 0.3) is 0 Å². The molecule has 0 aliphatic carbocycles. The van der Waals surface area contributed by atoms with E-state index in [0.717, 1.165) is 43.4 Å². The largest absolute Gasteiger partial charge is 0.456 e. The Bertz CT molecular complexity index is 751. The highest BCUT2D eigenvalue weighted by molar-refractivity contribution is 7.16. The Hall–Kier alpha value is -1.60. The molecule has 7 heteroatoms. The van der Waals surface area contributed by atoms with Gasteiger partial charge in [-0.15, -0.1) is 11.3 Å². The molecule has 1 unspecified atom stereocenters. The Kier molecular flexibility index (Phi) is 13.2. The van der Waals surface area contributed by atoms with Gasteiger partial charge in [-0.3, -0.25) is 5.32 Å². The molecule has 1 aromatic rings. The molecule has 1 N–H and O–H groups in total. The molecular weight excluding hydrogens is 450 g/mol. The molecular formula is C27H47NO5S. The number of hydrogen-bond acceptors (Lipinski definition) is 6. The van der Waals surface area contributed by atoms with Gasteiger partial charge >= 0.3 is 12.1 Å². The molecule has 0 saturated heterocycles. The molecule has 0 aliphatic rings. The molecule has 196 valence electrons. The van der Waals surface area contributed by atoms with Gasteiger partial charge in [-0.25, -0.2) is 9.59 Å². The van der Waals surface area contributed by atoms with Gasteiger partial charge in [0.1, 0.15) is 10.6 Å². The lowest BCUT2D eigenvalue weighted by molar-refractivity contribution is 0.00708. The highest BCUT2D eigenvalue weighted by atomic mass is 32.1. The summed E-state index contributed by atoms with van der Waals surface area (Å²) in [6.45, 7) is 14.4. The zero-order chi connectivity index (χ0) is 25.8. The first-order valence-electron chi connectivity index (χ1n) is 12.7. The van der Waals surface area contributed by atoms with Gasteiger partial charge < -0.3 is 14.2 Å². The van der Waals surface area contributed by atoms with Gasteiger partial charge in [0.2, 0.25) is 0 Å². The van der Waals surface area contributed by atoms with E-state index in [2.05, 4.69) is 33.0 Å². The lowest BCUT2D eigenvalue weighted by Gasteiger charge is -2.23. The van der Waals surface area contributed by atoms with E-state index in [1.165, 1.54) is 30.6 Å². The van der Waals surface area contributed by atoms with Crippen LogP contribution in [-0.2, 0) is 14.2 Å². The lowest BCUT2D eigenvalue weighted by Crippen LogP contribution is -2.24. The first-order valence-corrected chi connectivity index (χ1v) is 13.6. The van der Waals surface area contributed by atoms with E-state index in [4.69, 9.17) is 14.2 Å². The van der Waals surface area contributed by atoms with Gasteiger partial charge in [0, 0.05) is 12.0 Å². The molecule has 1 rings (SSSR count). The normalized spacial score (nSPS) is 12.9. The van der Waals surface area contributed by atoms with E-state index in [1.807, 2.05) is 26.8 Å². The zero-order valence-electron chi connectivity index (χ0n) is 22.7. The van der Waals surface area contributed by atoms with Crippen molar-refractivity contribution in [3.8, 4) is 0 Å². The average Bonchev–Trinajstić information content (AvgIpc) is 3.15. The maximum absolute atomic E-state index is 12.8. The summed E-state index contributed by atoms with van der Waals surface area (Å²) >= 11 is 1.42. The van der Waals surface area contributed by atoms with Crippen LogP contribution in [-0.4, -0.2) is 37.0 Å². The van der Waals surface area contributed by atoms with Crippen molar-refractivity contribution in [3.63, 3.8) is 0 Å². The third-order valence-corrected chi connectivity index (χ3v) is 7.05. The van der Waals surface area contributed by atoms with E-state index in [1.54, 1.807) is 7.11 Å². The smallest absolute Gasteiger partial charge is 0.412 e. The van der Waals surface area contributed by atoms with Crippen molar-refractivity contribution in [2.75, 3.05) is 19.0 Å². The third-order valence-electron chi connectivity index (χ3n) is 5.77. The van der Waals surface area contributed by atoms with E-state index >= 15 is 0 Å². The van der Waals surface area contributed by atoms with Crippen LogP contribution in [0.2, 0.25) is 0 Å². The van der Waals surface area contributed by atoms with Crippen LogP contribution >= 0.6 is 11.3 Å². The molecule has 0 radical (unpaired) electrons. The number of anilines is 1. The number of carbonyl (C=O) groups excluding carboxylic acids is 2. The van der Waals surface area contributed by atoms with Crippen molar-refractivity contribution in [2.24, 2.45) is 0 Å². The molecule has 1 amide bonds. The highest BCUT2D eigenvalue weighted by Gasteiger charge is 2.26. The molecule has 6 nitrogen and oxygen atoms in total. The highest BCUT2D eigenvalue weighted by Crippen LogP contribution is 2.36. The topological polar surface area (TPSA) is 73.9 Å². The van der Waals surface area contributed by atoms with Crippen molar-refractivity contribution in [1.29, 1.82) is 0 Å². The summed E-state index contributed by atoms with van der Waals surface area (Å²) in [5, 5.41) is 3.28. The van der Waals surface area contributed by atoms with Crippen LogP contribution < -0.4 is 5.32 Å². The number of hydrogen-bond donors (Lipinski definition) is 1. The van der Waals surface area contributed by atoms with Crippen LogP contribution in [0.15, 0.2) is 6.07 Å². The van der Waals surface area contributed by atoms with Gasteiger partial charge in [0.15, 0.2) is 0 Å². The summed E-state index contributed by atoms with van der Waals surface area (Å²) in [4.78, 5) is 26.3.